The Labute approximate surface area is 125 Å². The zero-order chi connectivity index (χ0) is 15.9. The van der Waals surface area contributed by atoms with E-state index < -0.39 is 16.0 Å². The van der Waals surface area contributed by atoms with Crippen LogP contribution in [0.3, 0.4) is 0 Å². The van der Waals surface area contributed by atoms with E-state index in [0.29, 0.717) is 6.42 Å². The Kier molecular flexibility index (Phi) is 6.64. The summed E-state index contributed by atoms with van der Waals surface area (Å²) < 4.78 is 31.4. The van der Waals surface area contributed by atoms with Gasteiger partial charge in [0, 0.05) is 12.5 Å². The molecule has 0 amide bonds. The minimum atomic E-state index is -3.47. The average Bonchev–Trinajstić information content (AvgIpc) is 2.37. The van der Waals surface area contributed by atoms with Crippen molar-refractivity contribution in [2.45, 2.75) is 32.2 Å². The fourth-order valence-corrected chi connectivity index (χ4v) is 3.36. The lowest BCUT2D eigenvalue weighted by Crippen LogP contribution is -2.35. The van der Waals surface area contributed by atoms with Gasteiger partial charge in [0.05, 0.1) is 12.9 Å². The van der Waals surface area contributed by atoms with Gasteiger partial charge in [0.1, 0.15) is 5.75 Å². The first kappa shape index (κ1) is 17.5. The molecule has 7 heteroatoms. The monoisotopic (exact) mass is 315 g/mol. The van der Waals surface area contributed by atoms with Gasteiger partial charge in [-0.25, -0.2) is 13.1 Å². The number of benzene rings is 1. The van der Waals surface area contributed by atoms with Crippen molar-refractivity contribution in [1.82, 2.24) is 4.72 Å². The summed E-state index contributed by atoms with van der Waals surface area (Å²) in [6.45, 7) is 1.77. The number of carboxylic acids is 1. The lowest BCUT2D eigenvalue weighted by molar-refractivity contribution is -0.137. The number of hydrogen-bond donors (Lipinski definition) is 2. The van der Waals surface area contributed by atoms with Gasteiger partial charge in [0.15, 0.2) is 0 Å². The lowest BCUT2D eigenvalue weighted by Gasteiger charge is -2.16. The van der Waals surface area contributed by atoms with E-state index in [-0.39, 0.29) is 24.6 Å². The van der Waals surface area contributed by atoms with E-state index in [4.69, 9.17) is 9.84 Å². The number of carboxylic acid groups (broad SMARTS) is 1. The molecule has 0 saturated heterocycles. The maximum absolute atomic E-state index is 11.8. The highest BCUT2D eigenvalue weighted by Gasteiger charge is 2.16. The standard InChI is InChI=1S/C14H21NO5S/c1-11(10-12-6-3-4-7-13(12)20-2)15-21(18,19)9-5-8-14(16)17/h3-4,6-7,11,15H,5,8-10H2,1-2H3,(H,16,17). The van der Waals surface area contributed by atoms with Crippen LogP contribution in [0.2, 0.25) is 0 Å². The van der Waals surface area contributed by atoms with E-state index in [9.17, 15) is 13.2 Å². The molecule has 0 aliphatic carbocycles. The Morgan fingerprint density at radius 1 is 1.38 bits per heavy atom. The van der Waals surface area contributed by atoms with Gasteiger partial charge >= 0.3 is 5.97 Å². The highest BCUT2D eigenvalue weighted by atomic mass is 32.2. The molecule has 1 atom stereocenters. The maximum atomic E-state index is 11.8. The molecule has 0 fully saturated rings. The Balaban J connectivity index is 2.56. The molecule has 1 unspecified atom stereocenters. The van der Waals surface area contributed by atoms with Gasteiger partial charge in [0.25, 0.3) is 0 Å². The van der Waals surface area contributed by atoms with Gasteiger partial charge in [-0.15, -0.1) is 0 Å². The Bertz CT molecular complexity index is 570. The van der Waals surface area contributed by atoms with Crippen LogP contribution in [-0.4, -0.2) is 38.4 Å². The zero-order valence-electron chi connectivity index (χ0n) is 12.2. The summed E-state index contributed by atoms with van der Waals surface area (Å²) in [7, 11) is -1.90. The van der Waals surface area contributed by atoms with Crippen molar-refractivity contribution in [3.05, 3.63) is 29.8 Å². The van der Waals surface area contributed by atoms with Crippen molar-refractivity contribution in [2.75, 3.05) is 12.9 Å². The van der Waals surface area contributed by atoms with Crippen LogP contribution in [0, 0.1) is 0 Å². The molecule has 21 heavy (non-hydrogen) atoms. The lowest BCUT2D eigenvalue weighted by atomic mass is 10.1. The topological polar surface area (TPSA) is 92.7 Å². The molecule has 0 aliphatic heterocycles. The number of nitrogens with one attached hydrogen (secondary N) is 1. The van der Waals surface area contributed by atoms with Gasteiger partial charge in [-0.3, -0.25) is 4.79 Å². The third-order valence-electron chi connectivity index (χ3n) is 2.90. The molecule has 0 saturated carbocycles. The second-order valence-electron chi connectivity index (χ2n) is 4.85. The highest BCUT2D eigenvalue weighted by molar-refractivity contribution is 7.89. The number of methoxy groups -OCH3 is 1. The Hall–Kier alpha value is -1.60. The summed E-state index contributed by atoms with van der Waals surface area (Å²) in [5.41, 5.74) is 0.917. The SMILES string of the molecule is COc1ccccc1CC(C)NS(=O)(=O)CCCC(=O)O. The fraction of sp³-hybridized carbons (Fsp3) is 0.500. The maximum Gasteiger partial charge on any atom is 0.303 e. The third-order valence-corrected chi connectivity index (χ3v) is 4.49. The number of aliphatic carboxylic acids is 1. The number of ether oxygens (including phenoxy) is 1. The summed E-state index contributed by atoms with van der Waals surface area (Å²) in [5.74, 6) is -0.461. The molecule has 2 N–H and O–H groups in total. The van der Waals surface area contributed by atoms with E-state index in [1.165, 1.54) is 0 Å². The molecule has 0 spiro atoms. The van der Waals surface area contributed by atoms with Crippen LogP contribution < -0.4 is 9.46 Å². The summed E-state index contributed by atoms with van der Waals surface area (Å²) >= 11 is 0. The highest BCUT2D eigenvalue weighted by Crippen LogP contribution is 2.19. The molecule has 0 heterocycles. The van der Waals surface area contributed by atoms with E-state index in [1.54, 1.807) is 14.0 Å². The van der Waals surface area contributed by atoms with Crippen LogP contribution in [0.4, 0.5) is 0 Å². The van der Waals surface area contributed by atoms with Crippen molar-refractivity contribution in [2.24, 2.45) is 0 Å². The molecule has 118 valence electrons. The van der Waals surface area contributed by atoms with E-state index in [2.05, 4.69) is 4.72 Å². The molecular weight excluding hydrogens is 294 g/mol. The summed E-state index contributed by atoms with van der Waals surface area (Å²) in [6, 6.07) is 7.13. The zero-order valence-corrected chi connectivity index (χ0v) is 13.0. The second kappa shape index (κ2) is 7.99. The minimum absolute atomic E-state index is 0.103. The quantitative estimate of drug-likeness (QED) is 0.719. The number of para-hydroxylation sites is 1. The molecule has 1 rings (SSSR count). The summed E-state index contributed by atoms with van der Waals surface area (Å²) in [6.07, 6.45) is 0.454. The fourth-order valence-electron chi connectivity index (χ4n) is 2.02. The third kappa shape index (κ3) is 6.59. The number of carbonyl (C=O) groups is 1. The van der Waals surface area contributed by atoms with Crippen LogP contribution in [0.1, 0.15) is 25.3 Å². The van der Waals surface area contributed by atoms with Crippen molar-refractivity contribution < 1.29 is 23.1 Å². The Morgan fingerprint density at radius 2 is 2.05 bits per heavy atom. The van der Waals surface area contributed by atoms with E-state index in [0.717, 1.165) is 11.3 Å². The predicted molar refractivity (Wildman–Crippen MR) is 80.0 cm³/mol. The van der Waals surface area contributed by atoms with Crippen molar-refractivity contribution in [3.8, 4) is 5.75 Å². The molecule has 0 aromatic heterocycles. The van der Waals surface area contributed by atoms with E-state index >= 15 is 0 Å². The van der Waals surface area contributed by atoms with Crippen molar-refractivity contribution in [1.29, 1.82) is 0 Å². The molecule has 6 nitrogen and oxygen atoms in total. The first-order chi connectivity index (χ1) is 9.84. The first-order valence-electron chi connectivity index (χ1n) is 6.67. The normalized spacial score (nSPS) is 12.9. The molecule has 0 aliphatic rings. The minimum Gasteiger partial charge on any atom is -0.496 e. The molecule has 1 aromatic rings. The van der Waals surface area contributed by atoms with Crippen LogP contribution in [0.5, 0.6) is 5.75 Å². The van der Waals surface area contributed by atoms with Gasteiger partial charge in [-0.1, -0.05) is 18.2 Å². The smallest absolute Gasteiger partial charge is 0.303 e. The van der Waals surface area contributed by atoms with Crippen LogP contribution in [-0.2, 0) is 21.2 Å². The van der Waals surface area contributed by atoms with Gasteiger partial charge in [-0.05, 0) is 31.4 Å². The molecule has 1 aromatic carbocycles. The second-order valence-corrected chi connectivity index (χ2v) is 6.72. The van der Waals surface area contributed by atoms with Crippen LogP contribution in [0.15, 0.2) is 24.3 Å². The molecule has 0 radical (unpaired) electrons. The van der Waals surface area contributed by atoms with Crippen molar-refractivity contribution in [3.63, 3.8) is 0 Å². The van der Waals surface area contributed by atoms with Crippen molar-refractivity contribution >= 4 is 16.0 Å². The summed E-state index contributed by atoms with van der Waals surface area (Å²) in [4.78, 5) is 10.4. The van der Waals surface area contributed by atoms with Crippen LogP contribution >= 0.6 is 0 Å². The first-order valence-corrected chi connectivity index (χ1v) is 8.33. The predicted octanol–water partition coefficient (Wildman–Crippen LogP) is 1.41. The number of rotatable bonds is 9. The number of sulfonamides is 1. The van der Waals surface area contributed by atoms with E-state index in [1.807, 2.05) is 24.3 Å². The average molecular weight is 315 g/mol. The van der Waals surface area contributed by atoms with Gasteiger partial charge < -0.3 is 9.84 Å². The van der Waals surface area contributed by atoms with Gasteiger partial charge in [0.2, 0.25) is 10.0 Å². The largest absolute Gasteiger partial charge is 0.496 e. The Morgan fingerprint density at radius 3 is 2.67 bits per heavy atom. The summed E-state index contributed by atoms with van der Waals surface area (Å²) in [5, 5.41) is 8.52. The molecule has 0 bridgehead atoms. The number of hydrogen-bond acceptors (Lipinski definition) is 4. The molecular formula is C14H21NO5S. The van der Waals surface area contributed by atoms with Gasteiger partial charge in [-0.2, -0.15) is 0 Å². The van der Waals surface area contributed by atoms with Crippen LogP contribution in [0.25, 0.3) is 0 Å².